The van der Waals surface area contributed by atoms with Crippen LogP contribution < -0.4 is 5.32 Å². The van der Waals surface area contributed by atoms with E-state index in [0.29, 0.717) is 19.1 Å². The summed E-state index contributed by atoms with van der Waals surface area (Å²) in [5.74, 6) is 0.416. The second-order valence-electron chi connectivity index (χ2n) is 7.52. The minimum Gasteiger partial charge on any atom is -0.444 e. The highest BCUT2D eigenvalue weighted by molar-refractivity contribution is 5.82. The number of hydrogen-bond donors (Lipinski definition) is 1. The van der Waals surface area contributed by atoms with E-state index >= 15 is 0 Å². The van der Waals surface area contributed by atoms with Crippen molar-refractivity contribution in [2.24, 2.45) is 5.92 Å². The lowest BCUT2D eigenvalue weighted by atomic mass is 9.83. The summed E-state index contributed by atoms with van der Waals surface area (Å²) < 4.78 is 10.4. The molecule has 24 heavy (non-hydrogen) atoms. The van der Waals surface area contributed by atoms with Crippen LogP contribution in [0, 0.1) is 5.92 Å². The first-order chi connectivity index (χ1) is 11.3. The molecule has 0 aromatic carbocycles. The standard InChI is InChI=1S/C18H34N2O4/c1-6-14-9-7-8-10-15(14)19-16(21)13-20(11-12-23-5)17(22)24-18(2,3)4/h14-15H,6-13H2,1-5H3,(H,19,21). The highest BCUT2D eigenvalue weighted by atomic mass is 16.6. The molecular weight excluding hydrogens is 308 g/mol. The largest absolute Gasteiger partial charge is 0.444 e. The van der Waals surface area contributed by atoms with Crippen molar-refractivity contribution in [3.63, 3.8) is 0 Å². The maximum absolute atomic E-state index is 12.4. The molecule has 140 valence electrons. The summed E-state index contributed by atoms with van der Waals surface area (Å²) in [7, 11) is 1.57. The van der Waals surface area contributed by atoms with Gasteiger partial charge in [0.25, 0.3) is 0 Å². The van der Waals surface area contributed by atoms with Crippen molar-refractivity contribution in [3.05, 3.63) is 0 Å². The Hall–Kier alpha value is -1.30. The van der Waals surface area contributed by atoms with Crippen molar-refractivity contribution in [3.8, 4) is 0 Å². The number of rotatable bonds is 7. The summed E-state index contributed by atoms with van der Waals surface area (Å²) in [6.45, 7) is 8.31. The molecule has 1 aliphatic carbocycles. The van der Waals surface area contributed by atoms with Gasteiger partial charge in [0, 0.05) is 19.7 Å². The lowest BCUT2D eigenvalue weighted by Gasteiger charge is -2.32. The zero-order chi connectivity index (χ0) is 18.2. The molecular formula is C18H34N2O4. The summed E-state index contributed by atoms with van der Waals surface area (Å²) in [6, 6.07) is 0.221. The number of ether oxygens (including phenoxy) is 2. The van der Waals surface area contributed by atoms with E-state index in [9.17, 15) is 9.59 Å². The van der Waals surface area contributed by atoms with Gasteiger partial charge in [-0.15, -0.1) is 0 Å². The van der Waals surface area contributed by atoms with Crippen molar-refractivity contribution in [2.75, 3.05) is 26.8 Å². The monoisotopic (exact) mass is 342 g/mol. The molecule has 1 fully saturated rings. The number of methoxy groups -OCH3 is 1. The Bertz CT molecular complexity index is 406. The van der Waals surface area contributed by atoms with Crippen molar-refractivity contribution in [1.29, 1.82) is 0 Å². The Labute approximate surface area is 146 Å². The topological polar surface area (TPSA) is 67.9 Å². The second-order valence-corrected chi connectivity index (χ2v) is 7.52. The zero-order valence-corrected chi connectivity index (χ0v) is 15.9. The number of hydrogen-bond acceptors (Lipinski definition) is 4. The molecule has 0 radical (unpaired) electrons. The number of nitrogens with one attached hydrogen (secondary N) is 1. The molecule has 2 unspecified atom stereocenters. The predicted molar refractivity (Wildman–Crippen MR) is 93.9 cm³/mol. The zero-order valence-electron chi connectivity index (χ0n) is 15.9. The van der Waals surface area contributed by atoms with Gasteiger partial charge in [0.05, 0.1) is 6.61 Å². The van der Waals surface area contributed by atoms with Gasteiger partial charge in [0.1, 0.15) is 12.1 Å². The van der Waals surface area contributed by atoms with Gasteiger partial charge in [-0.3, -0.25) is 9.69 Å². The third kappa shape index (κ3) is 7.51. The normalized spacial score (nSPS) is 21.2. The molecule has 2 atom stereocenters. The van der Waals surface area contributed by atoms with Crippen molar-refractivity contribution >= 4 is 12.0 Å². The first-order valence-electron chi connectivity index (χ1n) is 9.03. The summed E-state index contributed by atoms with van der Waals surface area (Å²) in [6.07, 6.45) is 5.18. The average Bonchev–Trinajstić information content (AvgIpc) is 2.50. The van der Waals surface area contributed by atoms with Crippen LogP contribution in [0.25, 0.3) is 0 Å². The molecule has 1 N–H and O–H groups in total. The van der Waals surface area contributed by atoms with E-state index in [-0.39, 0.29) is 18.5 Å². The van der Waals surface area contributed by atoms with Crippen LogP contribution in [-0.2, 0) is 14.3 Å². The first kappa shape index (κ1) is 20.7. The van der Waals surface area contributed by atoms with Crippen LogP contribution >= 0.6 is 0 Å². The number of nitrogens with zero attached hydrogens (tertiary/aromatic N) is 1. The van der Waals surface area contributed by atoms with Crippen LogP contribution in [-0.4, -0.2) is 55.3 Å². The molecule has 1 saturated carbocycles. The smallest absolute Gasteiger partial charge is 0.410 e. The Morgan fingerprint density at radius 2 is 1.88 bits per heavy atom. The molecule has 0 bridgehead atoms. The molecule has 1 rings (SSSR count). The average molecular weight is 342 g/mol. The van der Waals surface area contributed by atoms with Gasteiger partial charge in [0.15, 0.2) is 0 Å². The summed E-state index contributed by atoms with van der Waals surface area (Å²) in [4.78, 5) is 26.1. The Morgan fingerprint density at radius 1 is 1.21 bits per heavy atom. The fourth-order valence-corrected chi connectivity index (χ4v) is 3.07. The third-order valence-corrected chi connectivity index (χ3v) is 4.33. The second kappa shape index (κ2) is 9.87. The van der Waals surface area contributed by atoms with E-state index in [1.54, 1.807) is 7.11 Å². The van der Waals surface area contributed by atoms with Gasteiger partial charge in [0.2, 0.25) is 5.91 Å². The maximum Gasteiger partial charge on any atom is 0.410 e. The van der Waals surface area contributed by atoms with E-state index in [4.69, 9.17) is 9.47 Å². The van der Waals surface area contributed by atoms with E-state index < -0.39 is 11.7 Å². The lowest BCUT2D eigenvalue weighted by molar-refractivity contribution is -0.123. The van der Waals surface area contributed by atoms with Crippen molar-refractivity contribution in [2.45, 2.75) is 71.4 Å². The SMILES string of the molecule is CCC1CCCCC1NC(=O)CN(CCOC)C(=O)OC(C)(C)C. The Balaban J connectivity index is 2.60. The Morgan fingerprint density at radius 3 is 2.46 bits per heavy atom. The number of amides is 2. The predicted octanol–water partition coefficient (Wildman–Crippen LogP) is 2.95. The molecule has 0 aliphatic heterocycles. The first-order valence-corrected chi connectivity index (χ1v) is 9.03. The quantitative estimate of drug-likeness (QED) is 0.772. The highest BCUT2D eigenvalue weighted by Crippen LogP contribution is 2.26. The fraction of sp³-hybridized carbons (Fsp3) is 0.889. The minimum absolute atomic E-state index is 0.00517. The fourth-order valence-electron chi connectivity index (χ4n) is 3.07. The molecule has 1 aliphatic rings. The highest BCUT2D eigenvalue weighted by Gasteiger charge is 2.28. The summed E-state index contributed by atoms with van der Waals surface area (Å²) in [5.41, 5.74) is -0.588. The van der Waals surface area contributed by atoms with Gasteiger partial charge in [-0.2, -0.15) is 0 Å². The molecule has 0 heterocycles. The van der Waals surface area contributed by atoms with Crippen molar-refractivity contribution < 1.29 is 19.1 Å². The van der Waals surface area contributed by atoms with E-state index in [1.165, 1.54) is 17.7 Å². The van der Waals surface area contributed by atoms with Crippen molar-refractivity contribution in [1.82, 2.24) is 10.2 Å². The van der Waals surface area contributed by atoms with Gasteiger partial charge in [-0.05, 0) is 39.5 Å². The summed E-state index contributed by atoms with van der Waals surface area (Å²) >= 11 is 0. The van der Waals surface area contributed by atoms with E-state index in [2.05, 4.69) is 12.2 Å². The minimum atomic E-state index is -0.588. The van der Waals surface area contributed by atoms with Crippen LogP contribution in [0.15, 0.2) is 0 Å². The molecule has 6 nitrogen and oxygen atoms in total. The van der Waals surface area contributed by atoms with Gasteiger partial charge < -0.3 is 14.8 Å². The van der Waals surface area contributed by atoms with Crippen LogP contribution in [0.1, 0.15) is 59.8 Å². The molecule has 6 heteroatoms. The van der Waals surface area contributed by atoms with Gasteiger partial charge in [-0.25, -0.2) is 4.79 Å². The third-order valence-electron chi connectivity index (χ3n) is 4.33. The lowest BCUT2D eigenvalue weighted by Crippen LogP contribution is -2.49. The van der Waals surface area contributed by atoms with Crippen LogP contribution in [0.5, 0.6) is 0 Å². The Kier molecular flexibility index (Phi) is 8.53. The van der Waals surface area contributed by atoms with Crippen LogP contribution in [0.3, 0.4) is 0 Å². The molecule has 0 aromatic rings. The molecule has 2 amide bonds. The van der Waals surface area contributed by atoms with E-state index in [1.807, 2.05) is 20.8 Å². The molecule has 0 saturated heterocycles. The number of carbonyl (C=O) groups excluding carboxylic acids is 2. The van der Waals surface area contributed by atoms with Crippen LogP contribution in [0.2, 0.25) is 0 Å². The molecule has 0 aromatic heterocycles. The van der Waals surface area contributed by atoms with E-state index in [0.717, 1.165) is 19.3 Å². The van der Waals surface area contributed by atoms with Gasteiger partial charge in [-0.1, -0.05) is 26.2 Å². The van der Waals surface area contributed by atoms with Gasteiger partial charge >= 0.3 is 6.09 Å². The van der Waals surface area contributed by atoms with Crippen LogP contribution in [0.4, 0.5) is 4.79 Å². The summed E-state index contributed by atoms with van der Waals surface area (Å²) in [5, 5.41) is 3.12. The maximum atomic E-state index is 12.4. The molecule has 0 spiro atoms. The number of carbonyl (C=O) groups is 2.